The Balaban J connectivity index is 0.00000225. The molecule has 0 aromatic heterocycles. The van der Waals surface area contributed by atoms with Crippen LogP contribution in [0.25, 0.3) is 0 Å². The first-order chi connectivity index (χ1) is 11.4. The molecule has 5 nitrogen and oxygen atoms in total. The molecule has 1 aliphatic heterocycles. The Bertz CT molecular complexity index is 658. The Labute approximate surface area is 161 Å². The van der Waals surface area contributed by atoms with Crippen molar-refractivity contribution in [3.05, 3.63) is 28.8 Å². The first kappa shape index (κ1) is 20.4. The van der Waals surface area contributed by atoms with E-state index < -0.39 is 18.0 Å². The second kappa shape index (κ2) is 8.62. The Morgan fingerprint density at radius 1 is 1.16 bits per heavy atom. The van der Waals surface area contributed by atoms with Gasteiger partial charge in [0.1, 0.15) is 6.04 Å². The summed E-state index contributed by atoms with van der Waals surface area (Å²) in [5.74, 6) is -0.830. The van der Waals surface area contributed by atoms with Gasteiger partial charge in [-0.05, 0) is 62.3 Å². The standard InChI is InChI=1S/C17H20ClNO4S.ClH/c18-11-2-4-13(16(20)21)15(7-11)24-12-3-1-9-8-19-14(17(22)23)6-10(9)5-12;/h2,4,7,9-10,12,14,19H,1,3,5-6,8H2,(H,20,21)(H,22,23);1H/t9-,10+,12-,14-;/m0./s1. The fraction of sp³-hybridized carbons (Fsp3) is 0.529. The highest BCUT2D eigenvalue weighted by Gasteiger charge is 2.38. The van der Waals surface area contributed by atoms with Gasteiger partial charge in [-0.25, -0.2) is 4.79 Å². The number of piperidine rings is 1. The summed E-state index contributed by atoms with van der Waals surface area (Å²) in [7, 11) is 0. The van der Waals surface area contributed by atoms with Gasteiger partial charge in [-0.1, -0.05) is 11.6 Å². The lowest BCUT2D eigenvalue weighted by Crippen LogP contribution is -2.49. The summed E-state index contributed by atoms with van der Waals surface area (Å²) in [6.45, 7) is 0.760. The molecule has 1 saturated carbocycles. The number of thioether (sulfide) groups is 1. The quantitative estimate of drug-likeness (QED) is 0.706. The third-order valence-electron chi connectivity index (χ3n) is 5.02. The van der Waals surface area contributed by atoms with Gasteiger partial charge >= 0.3 is 11.9 Å². The fourth-order valence-electron chi connectivity index (χ4n) is 3.77. The SMILES string of the molecule is Cl.O=C(O)c1ccc(Cl)cc1S[C@H]1CC[C@H]2CN[C@H](C(=O)O)C[C@H]2C1. The minimum Gasteiger partial charge on any atom is -0.480 e. The van der Waals surface area contributed by atoms with Crippen molar-refractivity contribution in [3.63, 3.8) is 0 Å². The minimum atomic E-state index is -0.948. The molecule has 0 radical (unpaired) electrons. The van der Waals surface area contributed by atoms with E-state index in [4.69, 9.17) is 11.6 Å². The summed E-state index contributed by atoms with van der Waals surface area (Å²) >= 11 is 7.59. The first-order valence-electron chi connectivity index (χ1n) is 8.09. The van der Waals surface area contributed by atoms with Crippen LogP contribution < -0.4 is 5.32 Å². The van der Waals surface area contributed by atoms with Crippen LogP contribution in [0.15, 0.2) is 23.1 Å². The predicted octanol–water partition coefficient (Wildman–Crippen LogP) is 3.78. The lowest BCUT2D eigenvalue weighted by Gasteiger charge is -2.41. The van der Waals surface area contributed by atoms with Gasteiger partial charge in [0.25, 0.3) is 0 Å². The van der Waals surface area contributed by atoms with Crippen LogP contribution in [0.1, 0.15) is 36.0 Å². The summed E-state index contributed by atoms with van der Waals surface area (Å²) in [5.41, 5.74) is 0.278. The molecule has 0 spiro atoms. The smallest absolute Gasteiger partial charge is 0.336 e. The average molecular weight is 406 g/mol. The number of rotatable bonds is 4. The summed E-state index contributed by atoms with van der Waals surface area (Å²) in [6.07, 6.45) is 3.63. The van der Waals surface area contributed by atoms with Crippen LogP contribution in [0.4, 0.5) is 0 Å². The summed E-state index contributed by atoms with van der Waals surface area (Å²) in [4.78, 5) is 23.3. The van der Waals surface area contributed by atoms with E-state index in [-0.39, 0.29) is 18.0 Å². The number of benzene rings is 1. The van der Waals surface area contributed by atoms with E-state index in [1.807, 2.05) is 0 Å². The van der Waals surface area contributed by atoms with Crippen molar-refractivity contribution >= 4 is 47.7 Å². The summed E-state index contributed by atoms with van der Waals surface area (Å²) in [6, 6.07) is 4.39. The second-order valence-electron chi connectivity index (χ2n) is 6.55. The minimum absolute atomic E-state index is 0. The summed E-state index contributed by atoms with van der Waals surface area (Å²) < 4.78 is 0. The van der Waals surface area contributed by atoms with E-state index in [1.54, 1.807) is 30.0 Å². The highest BCUT2D eigenvalue weighted by molar-refractivity contribution is 8.00. The molecule has 138 valence electrons. The molecule has 1 aliphatic carbocycles. The number of halogens is 2. The Morgan fingerprint density at radius 2 is 1.92 bits per heavy atom. The predicted molar refractivity (Wildman–Crippen MR) is 100 cm³/mol. The zero-order valence-corrected chi connectivity index (χ0v) is 15.9. The third-order valence-corrected chi connectivity index (χ3v) is 6.61. The van der Waals surface area contributed by atoms with E-state index in [0.717, 1.165) is 25.8 Å². The normalized spacial score (nSPS) is 28.5. The van der Waals surface area contributed by atoms with E-state index in [1.165, 1.54) is 0 Å². The van der Waals surface area contributed by atoms with Crippen LogP contribution in [0, 0.1) is 11.8 Å². The Kier molecular flexibility index (Phi) is 7.02. The molecule has 2 aliphatic rings. The molecule has 1 saturated heterocycles. The second-order valence-corrected chi connectivity index (χ2v) is 8.33. The van der Waals surface area contributed by atoms with Gasteiger partial charge in [-0.2, -0.15) is 0 Å². The van der Waals surface area contributed by atoms with Gasteiger partial charge in [0.2, 0.25) is 0 Å². The molecule has 8 heteroatoms. The van der Waals surface area contributed by atoms with Gasteiger partial charge < -0.3 is 15.5 Å². The van der Waals surface area contributed by atoms with Gasteiger partial charge in [0, 0.05) is 15.2 Å². The lowest BCUT2D eigenvalue weighted by atomic mass is 9.73. The van der Waals surface area contributed by atoms with Gasteiger partial charge in [-0.15, -0.1) is 24.2 Å². The van der Waals surface area contributed by atoms with E-state index in [2.05, 4.69) is 5.32 Å². The monoisotopic (exact) mass is 405 g/mol. The van der Waals surface area contributed by atoms with Crippen molar-refractivity contribution in [2.24, 2.45) is 11.8 Å². The highest BCUT2D eigenvalue weighted by Crippen LogP contribution is 2.43. The van der Waals surface area contributed by atoms with E-state index in [0.29, 0.717) is 33.4 Å². The number of aliphatic carboxylic acids is 1. The van der Waals surface area contributed by atoms with Crippen molar-refractivity contribution in [2.75, 3.05) is 6.54 Å². The van der Waals surface area contributed by atoms with Crippen LogP contribution in [0.5, 0.6) is 0 Å². The third kappa shape index (κ3) is 4.82. The van der Waals surface area contributed by atoms with Crippen LogP contribution in [0.2, 0.25) is 5.02 Å². The van der Waals surface area contributed by atoms with Crippen molar-refractivity contribution in [3.8, 4) is 0 Å². The number of carboxylic acids is 2. The topological polar surface area (TPSA) is 86.6 Å². The van der Waals surface area contributed by atoms with Gasteiger partial charge in [-0.3, -0.25) is 4.79 Å². The van der Waals surface area contributed by atoms with Crippen molar-refractivity contribution in [1.82, 2.24) is 5.32 Å². The molecule has 3 N–H and O–H groups in total. The van der Waals surface area contributed by atoms with Gasteiger partial charge in [0.05, 0.1) is 5.56 Å². The molecule has 0 amide bonds. The molecule has 1 heterocycles. The molecular weight excluding hydrogens is 385 g/mol. The maximum Gasteiger partial charge on any atom is 0.336 e. The Morgan fingerprint density at radius 3 is 2.60 bits per heavy atom. The largest absolute Gasteiger partial charge is 0.480 e. The summed E-state index contributed by atoms with van der Waals surface area (Å²) in [5, 5.41) is 22.5. The molecule has 1 aromatic rings. The van der Waals surface area contributed by atoms with E-state index >= 15 is 0 Å². The van der Waals surface area contributed by atoms with Crippen LogP contribution in [-0.2, 0) is 4.79 Å². The number of nitrogens with one attached hydrogen (secondary N) is 1. The maximum absolute atomic E-state index is 11.4. The van der Waals surface area contributed by atoms with Crippen LogP contribution in [-0.4, -0.2) is 40.0 Å². The van der Waals surface area contributed by atoms with Gasteiger partial charge in [0.15, 0.2) is 0 Å². The number of fused-ring (bicyclic) bond motifs is 1. The zero-order valence-electron chi connectivity index (χ0n) is 13.5. The first-order valence-corrected chi connectivity index (χ1v) is 9.35. The molecule has 1 aromatic carbocycles. The molecular formula is C17H21Cl2NO4S. The number of carbonyl (C=O) groups is 2. The highest BCUT2D eigenvalue weighted by atomic mass is 35.5. The Hall–Kier alpha value is -0.950. The van der Waals surface area contributed by atoms with Crippen LogP contribution in [0.3, 0.4) is 0 Å². The van der Waals surface area contributed by atoms with Crippen molar-refractivity contribution in [1.29, 1.82) is 0 Å². The number of carboxylic acid groups (broad SMARTS) is 2. The molecule has 2 fully saturated rings. The molecule has 3 rings (SSSR count). The lowest BCUT2D eigenvalue weighted by molar-refractivity contribution is -0.141. The molecule has 4 atom stereocenters. The van der Waals surface area contributed by atoms with Crippen molar-refractivity contribution < 1.29 is 19.8 Å². The molecule has 0 bridgehead atoms. The maximum atomic E-state index is 11.4. The molecule has 25 heavy (non-hydrogen) atoms. The average Bonchev–Trinajstić information content (AvgIpc) is 2.54. The zero-order chi connectivity index (χ0) is 17.3. The number of hydrogen-bond acceptors (Lipinski definition) is 4. The fourth-order valence-corrected chi connectivity index (χ4v) is 5.44. The number of hydrogen-bond donors (Lipinski definition) is 3. The van der Waals surface area contributed by atoms with Crippen molar-refractivity contribution in [2.45, 2.75) is 41.9 Å². The van der Waals surface area contributed by atoms with E-state index in [9.17, 15) is 19.8 Å². The number of aromatic carboxylic acids is 1. The van der Waals surface area contributed by atoms with Crippen LogP contribution >= 0.6 is 35.8 Å². The molecule has 0 unspecified atom stereocenters.